The van der Waals surface area contributed by atoms with Crippen molar-refractivity contribution in [1.29, 1.82) is 0 Å². The van der Waals surface area contributed by atoms with E-state index in [0.717, 1.165) is 12.1 Å². The Morgan fingerprint density at radius 1 is 1.00 bits per heavy atom. The minimum absolute atomic E-state index is 0.00225. The molecule has 2 aromatic carbocycles. The molecule has 0 saturated heterocycles. The lowest BCUT2D eigenvalue weighted by atomic mass is 10.1. The molecule has 0 aliphatic rings. The average Bonchev–Trinajstić information content (AvgIpc) is 2.70. The Kier molecular flexibility index (Phi) is 6.92. The fraction of sp³-hybridized carbons (Fsp3) is 0.263. The van der Waals surface area contributed by atoms with E-state index in [2.05, 4.69) is 10.1 Å². The Balaban J connectivity index is 2.17. The highest BCUT2D eigenvalue weighted by Gasteiger charge is 2.30. The molecule has 0 atom stereocenters. The maximum atomic E-state index is 12.7. The Labute approximate surface area is 164 Å². The highest BCUT2D eigenvalue weighted by molar-refractivity contribution is 6.02. The quantitative estimate of drug-likeness (QED) is 0.700. The average molecular weight is 413 g/mol. The van der Waals surface area contributed by atoms with Crippen molar-refractivity contribution in [2.45, 2.75) is 6.18 Å². The molecule has 0 aliphatic heterocycles. The standard InChI is InChI=1S/C19H18F3NO6/c1-26-15-8-13(18(25)28-3)14(9-16(15)27-2)23-17(24)10-29-12-6-4-5-11(7-12)19(20,21)22/h4-9H,10H2,1-3H3,(H,23,24). The first-order valence-electron chi connectivity index (χ1n) is 8.13. The van der Waals surface area contributed by atoms with E-state index in [9.17, 15) is 22.8 Å². The number of esters is 1. The second-order valence-electron chi connectivity index (χ2n) is 5.61. The molecule has 0 saturated carbocycles. The second-order valence-corrected chi connectivity index (χ2v) is 5.61. The van der Waals surface area contributed by atoms with Gasteiger partial charge in [-0.15, -0.1) is 0 Å². The van der Waals surface area contributed by atoms with Crippen LogP contribution < -0.4 is 19.5 Å². The number of carbonyl (C=O) groups excluding carboxylic acids is 2. The van der Waals surface area contributed by atoms with Crippen LogP contribution in [0.15, 0.2) is 36.4 Å². The normalized spacial score (nSPS) is 10.8. The molecule has 0 unspecified atom stereocenters. The second kappa shape index (κ2) is 9.18. The summed E-state index contributed by atoms with van der Waals surface area (Å²) in [6.45, 7) is -0.587. The van der Waals surface area contributed by atoms with E-state index in [4.69, 9.17) is 14.2 Å². The maximum Gasteiger partial charge on any atom is 0.416 e. The summed E-state index contributed by atoms with van der Waals surface area (Å²) >= 11 is 0. The minimum atomic E-state index is -4.53. The molecule has 0 heterocycles. The molecule has 10 heteroatoms. The van der Waals surface area contributed by atoms with Crippen LogP contribution in [-0.2, 0) is 15.7 Å². The zero-order valence-electron chi connectivity index (χ0n) is 15.8. The molecule has 156 valence electrons. The van der Waals surface area contributed by atoms with Gasteiger partial charge in [0.05, 0.1) is 38.1 Å². The highest BCUT2D eigenvalue weighted by Crippen LogP contribution is 2.34. The first-order valence-corrected chi connectivity index (χ1v) is 8.13. The number of anilines is 1. The van der Waals surface area contributed by atoms with Crippen LogP contribution in [0.1, 0.15) is 15.9 Å². The molecule has 0 aromatic heterocycles. The van der Waals surface area contributed by atoms with Crippen molar-refractivity contribution in [1.82, 2.24) is 0 Å². The molecule has 1 N–H and O–H groups in total. The number of carbonyl (C=O) groups is 2. The number of alkyl halides is 3. The van der Waals surface area contributed by atoms with Gasteiger partial charge in [-0.25, -0.2) is 4.79 Å². The van der Waals surface area contributed by atoms with E-state index >= 15 is 0 Å². The number of hydrogen-bond donors (Lipinski definition) is 1. The van der Waals surface area contributed by atoms with Crippen molar-refractivity contribution >= 4 is 17.6 Å². The lowest BCUT2D eigenvalue weighted by molar-refractivity contribution is -0.137. The summed E-state index contributed by atoms with van der Waals surface area (Å²) < 4.78 is 58.3. The molecule has 0 fully saturated rings. The smallest absolute Gasteiger partial charge is 0.416 e. The van der Waals surface area contributed by atoms with Crippen LogP contribution in [0.3, 0.4) is 0 Å². The summed E-state index contributed by atoms with van der Waals surface area (Å²) in [5.41, 5.74) is -0.840. The van der Waals surface area contributed by atoms with Crippen LogP contribution in [0, 0.1) is 0 Å². The van der Waals surface area contributed by atoms with Crippen LogP contribution in [-0.4, -0.2) is 39.8 Å². The molecule has 2 rings (SSSR count). The molecule has 0 radical (unpaired) electrons. The number of benzene rings is 2. The van der Waals surface area contributed by atoms with Gasteiger partial charge in [-0.3, -0.25) is 4.79 Å². The minimum Gasteiger partial charge on any atom is -0.493 e. The molecule has 7 nitrogen and oxygen atoms in total. The SMILES string of the molecule is COC(=O)c1cc(OC)c(OC)cc1NC(=O)COc1cccc(C(F)(F)F)c1. The third-order valence-electron chi connectivity index (χ3n) is 3.73. The van der Waals surface area contributed by atoms with Gasteiger partial charge in [0, 0.05) is 12.1 Å². The monoisotopic (exact) mass is 413 g/mol. The van der Waals surface area contributed by atoms with Gasteiger partial charge in [0.25, 0.3) is 5.91 Å². The van der Waals surface area contributed by atoms with E-state index in [0.29, 0.717) is 0 Å². The van der Waals surface area contributed by atoms with E-state index in [1.54, 1.807) is 0 Å². The van der Waals surface area contributed by atoms with Gasteiger partial charge in [-0.05, 0) is 18.2 Å². The Bertz CT molecular complexity index is 898. The molecule has 2 aromatic rings. The van der Waals surface area contributed by atoms with E-state index in [1.807, 2.05) is 0 Å². The zero-order valence-corrected chi connectivity index (χ0v) is 15.8. The van der Waals surface area contributed by atoms with Gasteiger partial charge in [0.1, 0.15) is 5.75 Å². The van der Waals surface area contributed by atoms with Crippen molar-refractivity contribution in [3.63, 3.8) is 0 Å². The van der Waals surface area contributed by atoms with Gasteiger partial charge in [-0.2, -0.15) is 13.2 Å². The first-order chi connectivity index (χ1) is 13.7. The van der Waals surface area contributed by atoms with Gasteiger partial charge in [0.15, 0.2) is 18.1 Å². The van der Waals surface area contributed by atoms with Gasteiger partial charge >= 0.3 is 12.1 Å². The molecule has 0 aliphatic carbocycles. The van der Waals surface area contributed by atoms with Gasteiger partial charge < -0.3 is 24.3 Å². The lowest BCUT2D eigenvalue weighted by Gasteiger charge is -2.15. The summed E-state index contributed by atoms with van der Waals surface area (Å²) in [5, 5.41) is 2.44. The van der Waals surface area contributed by atoms with Crippen LogP contribution in [0.4, 0.5) is 18.9 Å². The molecule has 0 spiro atoms. The number of halogens is 3. The molecule has 1 amide bonds. The van der Waals surface area contributed by atoms with Gasteiger partial charge in [0.2, 0.25) is 0 Å². The molecule has 0 bridgehead atoms. The number of nitrogens with one attached hydrogen (secondary N) is 1. The lowest BCUT2D eigenvalue weighted by Crippen LogP contribution is -2.22. The van der Waals surface area contributed by atoms with Crippen molar-refractivity contribution in [3.05, 3.63) is 47.5 Å². The van der Waals surface area contributed by atoms with E-state index < -0.39 is 30.2 Å². The third kappa shape index (κ3) is 5.53. The van der Waals surface area contributed by atoms with E-state index in [1.165, 1.54) is 45.6 Å². The zero-order chi connectivity index (χ0) is 21.6. The molecular formula is C19H18F3NO6. The number of methoxy groups -OCH3 is 3. The number of ether oxygens (including phenoxy) is 4. The summed E-state index contributed by atoms with van der Waals surface area (Å²) in [5.74, 6) is -1.09. The summed E-state index contributed by atoms with van der Waals surface area (Å²) in [6, 6.07) is 6.81. The summed E-state index contributed by atoms with van der Waals surface area (Å²) in [7, 11) is 3.92. The Hall–Kier alpha value is -3.43. The van der Waals surface area contributed by atoms with Crippen LogP contribution in [0.25, 0.3) is 0 Å². The molecule has 29 heavy (non-hydrogen) atoms. The van der Waals surface area contributed by atoms with Crippen molar-refractivity contribution in [2.24, 2.45) is 0 Å². The van der Waals surface area contributed by atoms with Gasteiger partial charge in [-0.1, -0.05) is 6.07 Å². The third-order valence-corrected chi connectivity index (χ3v) is 3.73. The van der Waals surface area contributed by atoms with Crippen LogP contribution >= 0.6 is 0 Å². The Morgan fingerprint density at radius 2 is 1.66 bits per heavy atom. The summed E-state index contributed by atoms with van der Waals surface area (Å²) in [6.07, 6.45) is -4.53. The predicted octanol–water partition coefficient (Wildman–Crippen LogP) is 3.53. The largest absolute Gasteiger partial charge is 0.493 e. The van der Waals surface area contributed by atoms with Crippen molar-refractivity contribution in [2.75, 3.05) is 33.3 Å². The highest BCUT2D eigenvalue weighted by atomic mass is 19.4. The summed E-state index contributed by atoms with van der Waals surface area (Å²) in [4.78, 5) is 24.2. The van der Waals surface area contributed by atoms with Crippen molar-refractivity contribution in [3.8, 4) is 17.2 Å². The fourth-order valence-corrected chi connectivity index (χ4v) is 2.36. The maximum absolute atomic E-state index is 12.7. The van der Waals surface area contributed by atoms with Crippen LogP contribution in [0.2, 0.25) is 0 Å². The van der Waals surface area contributed by atoms with Crippen LogP contribution in [0.5, 0.6) is 17.2 Å². The van der Waals surface area contributed by atoms with Crippen molar-refractivity contribution < 1.29 is 41.7 Å². The topological polar surface area (TPSA) is 83.1 Å². The number of amides is 1. The fourth-order valence-electron chi connectivity index (χ4n) is 2.36. The molecular weight excluding hydrogens is 395 g/mol. The van der Waals surface area contributed by atoms with E-state index in [-0.39, 0.29) is 28.5 Å². The number of rotatable bonds is 7. The predicted molar refractivity (Wildman–Crippen MR) is 96.5 cm³/mol. The first kappa shape index (κ1) is 21.9. The Morgan fingerprint density at radius 3 is 2.24 bits per heavy atom. The number of hydrogen-bond acceptors (Lipinski definition) is 6.